The molecule has 0 radical (unpaired) electrons. The molecule has 1 aliphatic rings. The van der Waals surface area contributed by atoms with E-state index in [4.69, 9.17) is 11.2 Å². The van der Waals surface area contributed by atoms with E-state index in [1.165, 1.54) is 11.9 Å². The van der Waals surface area contributed by atoms with Crippen LogP contribution in [0.3, 0.4) is 0 Å². The molecule has 0 saturated carbocycles. The SMILES string of the molecule is C#Cc1cccc(Nc2ncnc3cc(OCC)c(NC(=O)C=C4CCN(CC)CC4)cc23)c1. The van der Waals surface area contributed by atoms with Crippen LogP contribution in [0, 0.1) is 12.3 Å². The third-order valence-electron chi connectivity index (χ3n) is 5.87. The Hall–Kier alpha value is -3.89. The maximum atomic E-state index is 12.8. The van der Waals surface area contributed by atoms with Gasteiger partial charge in [0.15, 0.2) is 0 Å². The quantitative estimate of drug-likeness (QED) is 0.396. The van der Waals surface area contributed by atoms with Gasteiger partial charge in [-0.1, -0.05) is 24.5 Å². The Bertz CT molecular complexity index is 1250. The Morgan fingerprint density at radius 3 is 2.76 bits per heavy atom. The normalized spacial score (nSPS) is 13.9. The molecule has 174 valence electrons. The number of anilines is 3. The van der Waals surface area contributed by atoms with Gasteiger partial charge >= 0.3 is 0 Å². The van der Waals surface area contributed by atoms with Crippen molar-refractivity contribution in [3.05, 3.63) is 59.9 Å². The minimum Gasteiger partial charge on any atom is -0.492 e. The zero-order valence-corrected chi connectivity index (χ0v) is 19.6. The molecule has 2 aromatic carbocycles. The van der Waals surface area contributed by atoms with Crippen molar-refractivity contribution in [3.8, 4) is 18.1 Å². The molecular formula is C27H29N5O2. The van der Waals surface area contributed by atoms with Gasteiger partial charge in [-0.3, -0.25) is 4.79 Å². The number of piperidine rings is 1. The van der Waals surface area contributed by atoms with Crippen molar-refractivity contribution in [2.24, 2.45) is 0 Å². The highest BCUT2D eigenvalue weighted by atomic mass is 16.5. The Morgan fingerprint density at radius 2 is 2.03 bits per heavy atom. The Morgan fingerprint density at radius 1 is 1.21 bits per heavy atom. The number of carbonyl (C=O) groups excluding carboxylic acids is 1. The fourth-order valence-corrected chi connectivity index (χ4v) is 4.03. The lowest BCUT2D eigenvalue weighted by Gasteiger charge is -2.26. The second kappa shape index (κ2) is 10.8. The molecule has 0 bridgehead atoms. The van der Waals surface area contributed by atoms with Crippen molar-refractivity contribution in [2.45, 2.75) is 26.7 Å². The number of nitrogens with zero attached hydrogens (tertiary/aromatic N) is 3. The number of benzene rings is 2. The number of ether oxygens (including phenoxy) is 1. The van der Waals surface area contributed by atoms with Crippen molar-refractivity contribution in [1.29, 1.82) is 0 Å². The lowest BCUT2D eigenvalue weighted by molar-refractivity contribution is -0.112. The summed E-state index contributed by atoms with van der Waals surface area (Å²) < 4.78 is 5.81. The molecule has 1 fully saturated rings. The van der Waals surface area contributed by atoms with E-state index in [1.807, 2.05) is 43.3 Å². The number of likely N-dealkylation sites (tertiary alicyclic amines) is 1. The van der Waals surface area contributed by atoms with Crippen LogP contribution in [-0.4, -0.2) is 47.0 Å². The van der Waals surface area contributed by atoms with Crippen LogP contribution in [0.4, 0.5) is 17.2 Å². The summed E-state index contributed by atoms with van der Waals surface area (Å²) in [4.78, 5) is 24.1. The van der Waals surface area contributed by atoms with Gasteiger partial charge in [0.2, 0.25) is 5.91 Å². The maximum Gasteiger partial charge on any atom is 0.248 e. The number of aromatic nitrogens is 2. The van der Waals surface area contributed by atoms with E-state index in [0.29, 0.717) is 29.4 Å². The van der Waals surface area contributed by atoms with Crippen LogP contribution in [0.15, 0.2) is 54.4 Å². The molecule has 0 aliphatic carbocycles. The van der Waals surface area contributed by atoms with Gasteiger partial charge < -0.3 is 20.3 Å². The van der Waals surface area contributed by atoms with E-state index >= 15 is 0 Å². The largest absolute Gasteiger partial charge is 0.492 e. The molecule has 1 aliphatic heterocycles. The fourth-order valence-electron chi connectivity index (χ4n) is 4.03. The molecule has 0 atom stereocenters. The molecule has 3 aromatic rings. The van der Waals surface area contributed by atoms with Crippen LogP contribution < -0.4 is 15.4 Å². The van der Waals surface area contributed by atoms with Crippen LogP contribution in [0.2, 0.25) is 0 Å². The Kier molecular flexibility index (Phi) is 7.41. The van der Waals surface area contributed by atoms with Crippen molar-refractivity contribution < 1.29 is 9.53 Å². The molecule has 2 N–H and O–H groups in total. The lowest BCUT2D eigenvalue weighted by atomic mass is 10.0. The van der Waals surface area contributed by atoms with E-state index in [-0.39, 0.29) is 5.91 Å². The summed E-state index contributed by atoms with van der Waals surface area (Å²) in [6.45, 7) is 7.56. The highest BCUT2D eigenvalue weighted by molar-refractivity contribution is 6.04. The number of carbonyl (C=O) groups is 1. The predicted octanol–water partition coefficient (Wildman–Crippen LogP) is 4.73. The number of terminal acetylenes is 1. The summed E-state index contributed by atoms with van der Waals surface area (Å²) in [7, 11) is 0. The molecule has 2 heterocycles. The van der Waals surface area contributed by atoms with Crippen LogP contribution >= 0.6 is 0 Å². The predicted molar refractivity (Wildman–Crippen MR) is 136 cm³/mol. The first-order valence-electron chi connectivity index (χ1n) is 11.6. The molecule has 1 saturated heterocycles. The first kappa shape index (κ1) is 23.3. The van der Waals surface area contributed by atoms with Gasteiger partial charge in [-0.15, -0.1) is 6.42 Å². The molecular weight excluding hydrogens is 426 g/mol. The van der Waals surface area contributed by atoms with E-state index in [2.05, 4.69) is 38.3 Å². The number of hydrogen-bond acceptors (Lipinski definition) is 6. The molecule has 0 spiro atoms. The second-order valence-electron chi connectivity index (χ2n) is 8.10. The number of hydrogen-bond donors (Lipinski definition) is 2. The number of amides is 1. The number of rotatable bonds is 7. The van der Waals surface area contributed by atoms with Gasteiger partial charge in [0, 0.05) is 41.9 Å². The van der Waals surface area contributed by atoms with Crippen molar-refractivity contribution in [2.75, 3.05) is 36.9 Å². The van der Waals surface area contributed by atoms with Gasteiger partial charge in [-0.25, -0.2) is 9.97 Å². The average molecular weight is 456 g/mol. The fraction of sp³-hybridized carbons (Fsp3) is 0.296. The van der Waals surface area contributed by atoms with Gasteiger partial charge in [0.25, 0.3) is 0 Å². The van der Waals surface area contributed by atoms with Crippen LogP contribution in [0.5, 0.6) is 5.75 Å². The van der Waals surface area contributed by atoms with Crippen molar-refractivity contribution in [1.82, 2.24) is 14.9 Å². The average Bonchev–Trinajstić information content (AvgIpc) is 2.85. The van der Waals surface area contributed by atoms with Crippen LogP contribution in [-0.2, 0) is 4.79 Å². The molecule has 34 heavy (non-hydrogen) atoms. The zero-order valence-electron chi connectivity index (χ0n) is 19.6. The maximum absolute atomic E-state index is 12.8. The Labute approximate surface area is 200 Å². The van der Waals surface area contributed by atoms with E-state index < -0.39 is 0 Å². The summed E-state index contributed by atoms with van der Waals surface area (Å²) >= 11 is 0. The molecule has 0 unspecified atom stereocenters. The minimum absolute atomic E-state index is 0.159. The number of nitrogens with one attached hydrogen (secondary N) is 2. The van der Waals surface area contributed by atoms with Gasteiger partial charge in [-0.2, -0.15) is 0 Å². The molecule has 1 amide bonds. The highest BCUT2D eigenvalue weighted by Gasteiger charge is 2.16. The van der Waals surface area contributed by atoms with Gasteiger partial charge in [0.1, 0.15) is 17.9 Å². The number of fused-ring (bicyclic) bond motifs is 1. The van der Waals surface area contributed by atoms with Crippen molar-refractivity contribution in [3.63, 3.8) is 0 Å². The summed E-state index contributed by atoms with van der Waals surface area (Å²) in [5.74, 6) is 3.66. The van der Waals surface area contributed by atoms with E-state index in [0.717, 1.165) is 49.1 Å². The van der Waals surface area contributed by atoms with Crippen LogP contribution in [0.1, 0.15) is 32.3 Å². The first-order valence-corrected chi connectivity index (χ1v) is 11.6. The standard InChI is InChI=1S/C27H29N5O2/c1-4-19-8-7-9-21(14-19)30-27-22-16-24(25(34-6-3)17-23(22)28-18-29-27)31-26(33)15-20-10-12-32(5-2)13-11-20/h1,7-9,14-18H,5-6,10-13H2,2-3H3,(H,31,33)(H,28,29,30). The molecule has 7 heteroatoms. The monoisotopic (exact) mass is 455 g/mol. The Balaban J connectivity index is 1.62. The molecule has 1 aromatic heterocycles. The van der Waals surface area contributed by atoms with E-state index in [1.54, 1.807) is 6.08 Å². The summed E-state index contributed by atoms with van der Waals surface area (Å²) in [5.41, 5.74) is 4.04. The van der Waals surface area contributed by atoms with Crippen molar-refractivity contribution >= 4 is 34.0 Å². The summed E-state index contributed by atoms with van der Waals surface area (Å²) in [6, 6.07) is 11.2. The van der Waals surface area contributed by atoms with E-state index in [9.17, 15) is 4.79 Å². The van der Waals surface area contributed by atoms with Gasteiger partial charge in [0.05, 0.1) is 17.8 Å². The van der Waals surface area contributed by atoms with Gasteiger partial charge in [-0.05, 0) is 50.6 Å². The molecule has 7 nitrogen and oxygen atoms in total. The summed E-state index contributed by atoms with van der Waals surface area (Å²) in [5, 5.41) is 7.08. The lowest BCUT2D eigenvalue weighted by Crippen LogP contribution is -2.30. The minimum atomic E-state index is -0.159. The topological polar surface area (TPSA) is 79.4 Å². The summed E-state index contributed by atoms with van der Waals surface area (Å²) in [6.07, 6.45) is 10.6. The van der Waals surface area contributed by atoms with Crippen LogP contribution in [0.25, 0.3) is 10.9 Å². The second-order valence-corrected chi connectivity index (χ2v) is 8.10. The third kappa shape index (κ3) is 5.53. The third-order valence-corrected chi connectivity index (χ3v) is 5.87. The zero-order chi connectivity index (χ0) is 23.9. The smallest absolute Gasteiger partial charge is 0.248 e. The first-order chi connectivity index (χ1) is 16.6. The highest BCUT2D eigenvalue weighted by Crippen LogP contribution is 2.33. The molecule has 4 rings (SSSR count).